The second-order valence-corrected chi connectivity index (χ2v) is 4.77. The first-order valence-corrected chi connectivity index (χ1v) is 6.59. The second kappa shape index (κ2) is 5.62. The van der Waals surface area contributed by atoms with Crippen molar-refractivity contribution in [2.75, 3.05) is 6.54 Å². The number of carbonyl (C=O) groups is 2. The Bertz CT molecular complexity index is 608. The topological polar surface area (TPSA) is 85.1 Å². The predicted molar refractivity (Wildman–Crippen MR) is 73.8 cm³/mol. The fraction of sp³-hybridized carbons (Fsp3) is 0.154. The lowest BCUT2D eigenvalue weighted by atomic mass is 10.1. The molecule has 0 spiro atoms. The van der Waals surface area contributed by atoms with Gasteiger partial charge < -0.3 is 11.1 Å². The van der Waals surface area contributed by atoms with Crippen LogP contribution in [0.3, 0.4) is 0 Å². The van der Waals surface area contributed by atoms with Crippen LogP contribution in [0.1, 0.15) is 16.1 Å². The van der Waals surface area contributed by atoms with E-state index < -0.39 is 5.91 Å². The molecular weight excluding hydrogens is 262 g/mol. The van der Waals surface area contributed by atoms with E-state index in [4.69, 9.17) is 5.73 Å². The molecule has 0 bridgehead atoms. The SMILES string of the molecule is Cc1nc(-c2ccsc2)ccc1C(=O)NCC(N)=O. The van der Waals surface area contributed by atoms with Crippen LogP contribution in [0, 0.1) is 6.92 Å². The molecule has 0 unspecified atom stereocenters. The molecule has 19 heavy (non-hydrogen) atoms. The minimum Gasteiger partial charge on any atom is -0.368 e. The van der Waals surface area contributed by atoms with Gasteiger partial charge in [-0.25, -0.2) is 0 Å². The number of pyridine rings is 1. The molecule has 0 aliphatic heterocycles. The highest BCUT2D eigenvalue weighted by Crippen LogP contribution is 2.21. The molecule has 0 aliphatic rings. The number of thiophene rings is 1. The van der Waals surface area contributed by atoms with Gasteiger partial charge in [-0.1, -0.05) is 0 Å². The highest BCUT2D eigenvalue weighted by Gasteiger charge is 2.11. The number of nitrogens with zero attached hydrogens (tertiary/aromatic N) is 1. The molecule has 5 nitrogen and oxygen atoms in total. The monoisotopic (exact) mass is 275 g/mol. The number of carbonyl (C=O) groups excluding carboxylic acids is 2. The lowest BCUT2D eigenvalue weighted by molar-refractivity contribution is -0.117. The third-order valence-corrected chi connectivity index (χ3v) is 3.25. The van der Waals surface area contributed by atoms with Gasteiger partial charge in [0.2, 0.25) is 5.91 Å². The molecule has 0 saturated carbocycles. The van der Waals surface area contributed by atoms with E-state index in [1.165, 1.54) is 0 Å². The van der Waals surface area contributed by atoms with Gasteiger partial charge in [-0.05, 0) is 30.5 Å². The van der Waals surface area contributed by atoms with Gasteiger partial charge in [-0.3, -0.25) is 14.6 Å². The minimum absolute atomic E-state index is 0.176. The van der Waals surface area contributed by atoms with E-state index in [0.29, 0.717) is 11.3 Å². The van der Waals surface area contributed by atoms with Crippen LogP contribution >= 0.6 is 11.3 Å². The van der Waals surface area contributed by atoms with E-state index >= 15 is 0 Å². The molecule has 3 N–H and O–H groups in total. The van der Waals surface area contributed by atoms with Gasteiger partial charge in [0.25, 0.3) is 5.91 Å². The summed E-state index contributed by atoms with van der Waals surface area (Å²) in [4.78, 5) is 26.8. The molecule has 2 aromatic rings. The van der Waals surface area contributed by atoms with Crippen LogP contribution in [-0.2, 0) is 4.79 Å². The first-order chi connectivity index (χ1) is 9.08. The molecule has 2 aromatic heterocycles. The van der Waals surface area contributed by atoms with Crippen molar-refractivity contribution in [3.63, 3.8) is 0 Å². The zero-order valence-electron chi connectivity index (χ0n) is 10.3. The smallest absolute Gasteiger partial charge is 0.253 e. The highest BCUT2D eigenvalue weighted by molar-refractivity contribution is 7.08. The van der Waals surface area contributed by atoms with Crippen molar-refractivity contribution in [3.8, 4) is 11.3 Å². The molecule has 0 fully saturated rings. The third-order valence-electron chi connectivity index (χ3n) is 2.57. The number of nitrogens with two attached hydrogens (primary N) is 1. The number of hydrogen-bond acceptors (Lipinski definition) is 4. The minimum atomic E-state index is -0.575. The summed E-state index contributed by atoms with van der Waals surface area (Å²) in [6.07, 6.45) is 0. The van der Waals surface area contributed by atoms with Gasteiger partial charge >= 0.3 is 0 Å². The normalized spacial score (nSPS) is 10.2. The average Bonchev–Trinajstić information content (AvgIpc) is 2.89. The van der Waals surface area contributed by atoms with Gasteiger partial charge in [-0.15, -0.1) is 0 Å². The van der Waals surface area contributed by atoms with Crippen LogP contribution in [0.4, 0.5) is 0 Å². The third kappa shape index (κ3) is 3.17. The molecule has 0 aliphatic carbocycles. The summed E-state index contributed by atoms with van der Waals surface area (Å²) in [6.45, 7) is 1.58. The Morgan fingerprint density at radius 2 is 2.16 bits per heavy atom. The molecule has 0 radical (unpaired) electrons. The Hall–Kier alpha value is -2.21. The largest absolute Gasteiger partial charge is 0.368 e. The Morgan fingerprint density at radius 3 is 2.74 bits per heavy atom. The molecular formula is C13H13N3O2S. The summed E-state index contributed by atoms with van der Waals surface area (Å²) in [5.74, 6) is -0.922. The highest BCUT2D eigenvalue weighted by atomic mass is 32.1. The van der Waals surface area contributed by atoms with Crippen molar-refractivity contribution >= 4 is 23.2 Å². The molecule has 0 aromatic carbocycles. The summed E-state index contributed by atoms with van der Waals surface area (Å²) >= 11 is 1.59. The van der Waals surface area contributed by atoms with Crippen LogP contribution in [0.15, 0.2) is 29.0 Å². The molecule has 0 saturated heterocycles. The fourth-order valence-corrected chi connectivity index (χ4v) is 2.28. The zero-order chi connectivity index (χ0) is 13.8. The summed E-state index contributed by atoms with van der Waals surface area (Å²) in [7, 11) is 0. The molecule has 2 rings (SSSR count). The summed E-state index contributed by atoms with van der Waals surface area (Å²) < 4.78 is 0. The second-order valence-electron chi connectivity index (χ2n) is 3.99. The van der Waals surface area contributed by atoms with Crippen LogP contribution in [0.25, 0.3) is 11.3 Å². The van der Waals surface area contributed by atoms with Crippen LogP contribution in [0.5, 0.6) is 0 Å². The van der Waals surface area contributed by atoms with Gasteiger partial charge in [0.05, 0.1) is 23.5 Å². The van der Waals surface area contributed by atoms with E-state index in [-0.39, 0.29) is 12.5 Å². The van der Waals surface area contributed by atoms with Crippen molar-refractivity contribution in [2.45, 2.75) is 6.92 Å². The van der Waals surface area contributed by atoms with E-state index in [0.717, 1.165) is 11.3 Å². The molecule has 2 heterocycles. The van der Waals surface area contributed by atoms with Gasteiger partial charge in [0.15, 0.2) is 0 Å². The number of rotatable bonds is 4. The maximum atomic E-state index is 11.8. The number of nitrogens with one attached hydrogen (secondary N) is 1. The Balaban J connectivity index is 2.20. The lowest BCUT2D eigenvalue weighted by Crippen LogP contribution is -2.33. The summed E-state index contributed by atoms with van der Waals surface area (Å²) in [5.41, 5.74) is 7.89. The molecule has 0 atom stereocenters. The Labute approximate surface area is 114 Å². The predicted octanol–water partition coefficient (Wildman–Crippen LogP) is 1.33. The van der Waals surface area contributed by atoms with Gasteiger partial charge in [0.1, 0.15) is 0 Å². The van der Waals surface area contributed by atoms with E-state index in [9.17, 15) is 9.59 Å². The summed E-state index contributed by atoms with van der Waals surface area (Å²) in [6, 6.07) is 5.46. The average molecular weight is 275 g/mol. The van der Waals surface area contributed by atoms with Crippen molar-refractivity contribution < 1.29 is 9.59 Å². The molecule has 2 amide bonds. The quantitative estimate of drug-likeness (QED) is 0.882. The van der Waals surface area contributed by atoms with Gasteiger partial charge in [0, 0.05) is 10.9 Å². The Kier molecular flexibility index (Phi) is 3.91. The van der Waals surface area contributed by atoms with Crippen molar-refractivity contribution in [3.05, 3.63) is 40.2 Å². The van der Waals surface area contributed by atoms with Crippen molar-refractivity contribution in [1.29, 1.82) is 0 Å². The number of hydrogen-bond donors (Lipinski definition) is 2. The first-order valence-electron chi connectivity index (χ1n) is 5.64. The zero-order valence-corrected chi connectivity index (χ0v) is 11.2. The van der Waals surface area contributed by atoms with Crippen LogP contribution in [-0.4, -0.2) is 23.3 Å². The van der Waals surface area contributed by atoms with Crippen molar-refractivity contribution in [1.82, 2.24) is 10.3 Å². The summed E-state index contributed by atoms with van der Waals surface area (Å²) in [5, 5.41) is 6.41. The van der Waals surface area contributed by atoms with Crippen LogP contribution < -0.4 is 11.1 Å². The van der Waals surface area contributed by atoms with E-state index in [1.807, 2.05) is 16.8 Å². The molecule has 6 heteroatoms. The standard InChI is InChI=1S/C13H13N3O2S/c1-8-10(13(18)15-6-12(14)17)2-3-11(16-8)9-4-5-19-7-9/h2-5,7H,6H2,1H3,(H2,14,17)(H,15,18). The molecule has 98 valence electrons. The van der Waals surface area contributed by atoms with E-state index in [1.54, 1.807) is 30.4 Å². The number of amides is 2. The lowest BCUT2D eigenvalue weighted by Gasteiger charge is -2.07. The number of primary amides is 1. The van der Waals surface area contributed by atoms with Crippen molar-refractivity contribution in [2.24, 2.45) is 5.73 Å². The maximum Gasteiger partial charge on any atom is 0.253 e. The van der Waals surface area contributed by atoms with E-state index in [2.05, 4.69) is 10.3 Å². The first kappa shape index (κ1) is 13.2. The van der Waals surface area contributed by atoms with Crippen LogP contribution in [0.2, 0.25) is 0 Å². The Morgan fingerprint density at radius 1 is 1.37 bits per heavy atom. The maximum absolute atomic E-state index is 11.8. The fourth-order valence-electron chi connectivity index (χ4n) is 1.63. The number of aryl methyl sites for hydroxylation is 1. The number of aromatic nitrogens is 1. The van der Waals surface area contributed by atoms with Gasteiger partial charge in [-0.2, -0.15) is 11.3 Å².